The Kier molecular flexibility index (Phi) is 5.17. The molecular weight excluding hydrogens is 336 g/mol. The highest BCUT2D eigenvalue weighted by Crippen LogP contribution is 2.32. The molecule has 0 bridgehead atoms. The van der Waals surface area contributed by atoms with Gasteiger partial charge >= 0.3 is 0 Å². The molecular formula is C23H28N2O2. The van der Waals surface area contributed by atoms with Gasteiger partial charge in [-0.25, -0.2) is 0 Å². The number of hydrogen-bond donors (Lipinski definition) is 0. The van der Waals surface area contributed by atoms with Crippen molar-refractivity contribution in [3.63, 3.8) is 0 Å². The third-order valence-corrected chi connectivity index (χ3v) is 6.03. The summed E-state index contributed by atoms with van der Waals surface area (Å²) >= 11 is 0. The lowest BCUT2D eigenvalue weighted by Crippen LogP contribution is -2.44. The molecule has 0 radical (unpaired) electrons. The molecule has 2 aliphatic rings. The fourth-order valence-electron chi connectivity index (χ4n) is 4.48. The molecule has 27 heavy (non-hydrogen) atoms. The number of aryl methyl sites for hydroxylation is 1. The SMILES string of the molecule is COc1ccc(C(=O)N2C[C@H]3CCCN(Cc4ccc(C)cc4)[C@H]3C2)cc1. The van der Waals surface area contributed by atoms with Crippen LogP contribution < -0.4 is 4.74 Å². The molecule has 0 unspecified atom stereocenters. The maximum atomic E-state index is 13.0. The largest absolute Gasteiger partial charge is 0.497 e. The Hall–Kier alpha value is -2.33. The zero-order valence-corrected chi connectivity index (χ0v) is 16.2. The number of amides is 1. The number of piperidine rings is 1. The number of carbonyl (C=O) groups is 1. The van der Waals surface area contributed by atoms with Crippen molar-refractivity contribution in [2.45, 2.75) is 32.4 Å². The van der Waals surface area contributed by atoms with E-state index in [0.29, 0.717) is 12.0 Å². The molecule has 2 aliphatic heterocycles. The Morgan fingerprint density at radius 1 is 1.07 bits per heavy atom. The highest BCUT2D eigenvalue weighted by molar-refractivity contribution is 5.94. The van der Waals surface area contributed by atoms with Crippen molar-refractivity contribution < 1.29 is 9.53 Å². The summed E-state index contributed by atoms with van der Waals surface area (Å²) in [6.45, 7) is 5.94. The smallest absolute Gasteiger partial charge is 0.253 e. The fourth-order valence-corrected chi connectivity index (χ4v) is 4.48. The van der Waals surface area contributed by atoms with Gasteiger partial charge in [-0.05, 0) is 62.1 Å². The predicted octanol–water partition coefficient (Wildman–Crippen LogP) is 3.74. The van der Waals surface area contributed by atoms with Gasteiger partial charge in [-0.15, -0.1) is 0 Å². The molecule has 0 N–H and O–H groups in total. The first kappa shape index (κ1) is 18.1. The summed E-state index contributed by atoms with van der Waals surface area (Å²) in [5.74, 6) is 1.51. The minimum atomic E-state index is 0.141. The number of methoxy groups -OCH3 is 1. The van der Waals surface area contributed by atoms with Crippen LogP contribution in [0.2, 0.25) is 0 Å². The predicted molar refractivity (Wildman–Crippen MR) is 107 cm³/mol. The second kappa shape index (κ2) is 7.73. The van der Waals surface area contributed by atoms with Crippen LogP contribution in [-0.4, -0.2) is 48.5 Å². The van der Waals surface area contributed by atoms with E-state index < -0.39 is 0 Å². The molecule has 2 aromatic carbocycles. The van der Waals surface area contributed by atoms with Gasteiger partial charge in [-0.2, -0.15) is 0 Å². The molecule has 4 heteroatoms. The lowest BCUT2D eigenvalue weighted by Gasteiger charge is -2.36. The zero-order chi connectivity index (χ0) is 18.8. The first-order chi connectivity index (χ1) is 13.1. The highest BCUT2D eigenvalue weighted by atomic mass is 16.5. The summed E-state index contributed by atoms with van der Waals surface area (Å²) in [5, 5.41) is 0. The standard InChI is InChI=1S/C23H28N2O2/c1-17-5-7-18(8-6-17)14-24-13-3-4-20-15-25(16-22(20)24)23(26)19-9-11-21(27-2)12-10-19/h5-12,20,22H,3-4,13-16H2,1-2H3/t20-,22+/m1/s1. The first-order valence-electron chi connectivity index (χ1n) is 9.87. The monoisotopic (exact) mass is 364 g/mol. The van der Waals surface area contributed by atoms with E-state index in [9.17, 15) is 4.79 Å². The van der Waals surface area contributed by atoms with Crippen molar-refractivity contribution in [3.8, 4) is 5.75 Å². The van der Waals surface area contributed by atoms with E-state index >= 15 is 0 Å². The zero-order valence-electron chi connectivity index (χ0n) is 16.2. The molecule has 1 amide bonds. The van der Waals surface area contributed by atoms with Crippen LogP contribution in [0.4, 0.5) is 0 Å². The van der Waals surface area contributed by atoms with E-state index in [2.05, 4.69) is 36.1 Å². The number of ether oxygens (including phenoxy) is 1. The van der Waals surface area contributed by atoms with E-state index in [1.165, 1.54) is 24.0 Å². The normalized spacial score (nSPS) is 22.5. The number of carbonyl (C=O) groups excluding carboxylic acids is 1. The molecule has 142 valence electrons. The van der Waals surface area contributed by atoms with Crippen LogP contribution in [0, 0.1) is 12.8 Å². The van der Waals surface area contributed by atoms with Crippen LogP contribution in [0.3, 0.4) is 0 Å². The molecule has 2 fully saturated rings. The molecule has 4 nitrogen and oxygen atoms in total. The molecule has 2 atom stereocenters. The maximum Gasteiger partial charge on any atom is 0.253 e. The lowest BCUT2D eigenvalue weighted by molar-refractivity contribution is 0.0774. The Morgan fingerprint density at radius 2 is 1.81 bits per heavy atom. The van der Waals surface area contributed by atoms with Crippen molar-refractivity contribution in [2.75, 3.05) is 26.7 Å². The van der Waals surface area contributed by atoms with Gasteiger partial charge in [0.25, 0.3) is 5.91 Å². The van der Waals surface area contributed by atoms with Gasteiger partial charge in [0.2, 0.25) is 0 Å². The average molecular weight is 364 g/mol. The summed E-state index contributed by atoms with van der Waals surface area (Å²) in [5.41, 5.74) is 3.41. The van der Waals surface area contributed by atoms with E-state index in [1.807, 2.05) is 29.2 Å². The fraction of sp³-hybridized carbons (Fsp3) is 0.435. The third-order valence-electron chi connectivity index (χ3n) is 6.03. The number of nitrogens with zero attached hydrogens (tertiary/aromatic N) is 2. The van der Waals surface area contributed by atoms with Crippen molar-refractivity contribution in [3.05, 3.63) is 65.2 Å². The van der Waals surface area contributed by atoms with Gasteiger partial charge < -0.3 is 9.64 Å². The van der Waals surface area contributed by atoms with Crippen molar-refractivity contribution in [1.82, 2.24) is 9.80 Å². The van der Waals surface area contributed by atoms with Gasteiger partial charge in [0, 0.05) is 31.2 Å². The number of rotatable bonds is 4. The van der Waals surface area contributed by atoms with Crippen molar-refractivity contribution in [1.29, 1.82) is 0 Å². The van der Waals surface area contributed by atoms with Crippen LogP contribution >= 0.6 is 0 Å². The van der Waals surface area contributed by atoms with Gasteiger partial charge in [-0.1, -0.05) is 29.8 Å². The topological polar surface area (TPSA) is 32.8 Å². The Labute approximate surface area is 161 Å². The summed E-state index contributed by atoms with van der Waals surface area (Å²) in [7, 11) is 1.64. The minimum absolute atomic E-state index is 0.141. The summed E-state index contributed by atoms with van der Waals surface area (Å²) in [6, 6.07) is 16.8. The minimum Gasteiger partial charge on any atom is -0.497 e. The van der Waals surface area contributed by atoms with Crippen molar-refractivity contribution in [2.24, 2.45) is 5.92 Å². The summed E-state index contributed by atoms with van der Waals surface area (Å²) in [4.78, 5) is 17.6. The van der Waals surface area contributed by atoms with E-state index in [4.69, 9.17) is 4.74 Å². The van der Waals surface area contributed by atoms with Crippen LogP contribution in [-0.2, 0) is 6.54 Å². The number of hydrogen-bond acceptors (Lipinski definition) is 3. The van der Waals surface area contributed by atoms with Gasteiger partial charge in [-0.3, -0.25) is 9.69 Å². The van der Waals surface area contributed by atoms with Gasteiger partial charge in [0.05, 0.1) is 7.11 Å². The molecule has 0 spiro atoms. The molecule has 2 saturated heterocycles. The average Bonchev–Trinajstić information content (AvgIpc) is 3.14. The van der Waals surface area contributed by atoms with Crippen LogP contribution in [0.25, 0.3) is 0 Å². The van der Waals surface area contributed by atoms with Crippen LogP contribution in [0.5, 0.6) is 5.75 Å². The van der Waals surface area contributed by atoms with Crippen molar-refractivity contribution >= 4 is 5.91 Å². The van der Waals surface area contributed by atoms with Crippen LogP contribution in [0.15, 0.2) is 48.5 Å². The third kappa shape index (κ3) is 3.86. The van der Waals surface area contributed by atoms with E-state index in [1.54, 1.807) is 7.11 Å². The first-order valence-corrected chi connectivity index (χ1v) is 9.87. The molecule has 2 heterocycles. The van der Waals surface area contributed by atoms with Gasteiger partial charge in [0.1, 0.15) is 5.75 Å². The lowest BCUT2D eigenvalue weighted by atomic mass is 9.91. The Bertz CT molecular complexity index is 785. The van der Waals surface area contributed by atoms with Crippen LogP contribution in [0.1, 0.15) is 34.3 Å². The molecule has 0 aliphatic carbocycles. The van der Waals surface area contributed by atoms with Gasteiger partial charge in [0.15, 0.2) is 0 Å². The molecule has 2 aromatic rings. The highest BCUT2D eigenvalue weighted by Gasteiger charge is 2.40. The Morgan fingerprint density at radius 3 is 2.52 bits per heavy atom. The van der Waals surface area contributed by atoms with E-state index in [-0.39, 0.29) is 5.91 Å². The summed E-state index contributed by atoms with van der Waals surface area (Å²) < 4.78 is 5.20. The molecule has 4 rings (SSSR count). The number of benzene rings is 2. The number of fused-ring (bicyclic) bond motifs is 1. The summed E-state index contributed by atoms with van der Waals surface area (Å²) in [6.07, 6.45) is 2.44. The second-order valence-electron chi connectivity index (χ2n) is 7.86. The number of likely N-dealkylation sites (tertiary alicyclic amines) is 2. The maximum absolute atomic E-state index is 13.0. The Balaban J connectivity index is 1.45. The quantitative estimate of drug-likeness (QED) is 0.828. The van der Waals surface area contributed by atoms with E-state index in [0.717, 1.165) is 37.5 Å². The second-order valence-corrected chi connectivity index (χ2v) is 7.86. The molecule has 0 aromatic heterocycles. The molecule has 0 saturated carbocycles.